The number of carbonyl (C=O) groups is 1. The van der Waals surface area contributed by atoms with Crippen LogP contribution in [0, 0.1) is 0 Å². The maximum atomic E-state index is 11.5. The first-order valence-corrected chi connectivity index (χ1v) is 6.46. The minimum atomic E-state index is -0.130. The van der Waals surface area contributed by atoms with Gasteiger partial charge in [-0.3, -0.25) is 4.79 Å². The standard InChI is InChI=1S/C11H12BrNOS/c1-3-10(12)11(14)13-8-4-6-9(15-2)7-5-8/h3-7H,1-2H3,(H,13,14)/b10-3-. The molecule has 0 aliphatic rings. The van der Waals surface area contributed by atoms with Crippen molar-refractivity contribution in [2.45, 2.75) is 11.8 Å². The van der Waals surface area contributed by atoms with Gasteiger partial charge in [0.1, 0.15) is 0 Å². The Morgan fingerprint density at radius 1 is 1.40 bits per heavy atom. The molecule has 1 amide bonds. The van der Waals surface area contributed by atoms with Gasteiger partial charge < -0.3 is 5.32 Å². The molecule has 0 saturated carbocycles. The molecule has 1 aromatic carbocycles. The van der Waals surface area contributed by atoms with E-state index in [-0.39, 0.29) is 5.91 Å². The lowest BCUT2D eigenvalue weighted by atomic mass is 10.3. The van der Waals surface area contributed by atoms with E-state index in [2.05, 4.69) is 21.2 Å². The van der Waals surface area contributed by atoms with Crippen LogP contribution in [-0.4, -0.2) is 12.2 Å². The summed E-state index contributed by atoms with van der Waals surface area (Å²) >= 11 is 4.85. The summed E-state index contributed by atoms with van der Waals surface area (Å²) in [6.45, 7) is 1.81. The molecule has 0 bridgehead atoms. The molecule has 1 aromatic rings. The Kier molecular flexibility index (Phi) is 4.91. The molecule has 2 nitrogen and oxygen atoms in total. The molecule has 0 aromatic heterocycles. The van der Waals surface area contributed by atoms with Crippen molar-refractivity contribution in [3.8, 4) is 0 Å². The zero-order chi connectivity index (χ0) is 11.3. The monoisotopic (exact) mass is 285 g/mol. The number of nitrogens with one attached hydrogen (secondary N) is 1. The molecule has 1 rings (SSSR count). The average Bonchev–Trinajstić information content (AvgIpc) is 2.29. The number of anilines is 1. The lowest BCUT2D eigenvalue weighted by Gasteiger charge is -2.04. The number of amides is 1. The van der Waals surface area contributed by atoms with Crippen molar-refractivity contribution in [1.82, 2.24) is 0 Å². The van der Waals surface area contributed by atoms with Gasteiger partial charge in [0, 0.05) is 10.6 Å². The van der Waals surface area contributed by atoms with E-state index in [9.17, 15) is 4.79 Å². The van der Waals surface area contributed by atoms with Crippen LogP contribution in [0.5, 0.6) is 0 Å². The number of thioether (sulfide) groups is 1. The molecular weight excluding hydrogens is 274 g/mol. The highest BCUT2D eigenvalue weighted by Gasteiger charge is 2.04. The maximum absolute atomic E-state index is 11.5. The molecule has 0 heterocycles. The number of hydrogen-bond acceptors (Lipinski definition) is 2. The topological polar surface area (TPSA) is 29.1 Å². The van der Waals surface area contributed by atoms with Crippen molar-refractivity contribution < 1.29 is 4.79 Å². The first-order chi connectivity index (χ1) is 7.17. The molecule has 15 heavy (non-hydrogen) atoms. The van der Waals surface area contributed by atoms with Crippen molar-refractivity contribution in [3.63, 3.8) is 0 Å². The Hall–Kier alpha value is -0.740. The molecule has 1 N–H and O–H groups in total. The highest BCUT2D eigenvalue weighted by Crippen LogP contribution is 2.18. The Morgan fingerprint density at radius 3 is 2.47 bits per heavy atom. The van der Waals surface area contributed by atoms with E-state index in [1.165, 1.54) is 4.90 Å². The second-order valence-corrected chi connectivity index (χ2v) is 4.55. The predicted octanol–water partition coefficient (Wildman–Crippen LogP) is 3.65. The van der Waals surface area contributed by atoms with Gasteiger partial charge in [-0.25, -0.2) is 0 Å². The van der Waals surface area contributed by atoms with E-state index in [1.807, 2.05) is 30.5 Å². The minimum Gasteiger partial charge on any atom is -0.322 e. The number of benzene rings is 1. The fourth-order valence-electron chi connectivity index (χ4n) is 0.996. The van der Waals surface area contributed by atoms with Gasteiger partial charge >= 0.3 is 0 Å². The molecule has 0 spiro atoms. The van der Waals surface area contributed by atoms with Gasteiger partial charge in [-0.2, -0.15) is 0 Å². The fraction of sp³-hybridized carbons (Fsp3) is 0.182. The summed E-state index contributed by atoms with van der Waals surface area (Å²) in [5, 5.41) is 2.78. The van der Waals surface area contributed by atoms with E-state index in [0.29, 0.717) is 4.48 Å². The SMILES string of the molecule is C/C=C(\Br)C(=O)Nc1ccc(SC)cc1. The summed E-state index contributed by atoms with van der Waals surface area (Å²) in [6, 6.07) is 7.73. The second kappa shape index (κ2) is 5.98. The third-order valence-corrected chi connectivity index (χ3v) is 3.38. The Bertz CT molecular complexity index is 373. The van der Waals surface area contributed by atoms with Crippen molar-refractivity contribution >= 4 is 39.3 Å². The number of carbonyl (C=O) groups excluding carboxylic acids is 1. The summed E-state index contributed by atoms with van der Waals surface area (Å²) in [5.74, 6) is -0.130. The number of halogens is 1. The third-order valence-electron chi connectivity index (χ3n) is 1.82. The van der Waals surface area contributed by atoms with Crippen LogP contribution in [-0.2, 0) is 4.79 Å². The quantitative estimate of drug-likeness (QED) is 0.679. The van der Waals surface area contributed by atoms with Crippen molar-refractivity contribution in [2.24, 2.45) is 0 Å². The van der Waals surface area contributed by atoms with Gasteiger partial charge in [-0.15, -0.1) is 11.8 Å². The highest BCUT2D eigenvalue weighted by molar-refractivity contribution is 9.12. The zero-order valence-corrected chi connectivity index (χ0v) is 11.0. The summed E-state index contributed by atoms with van der Waals surface area (Å²) in [4.78, 5) is 12.6. The van der Waals surface area contributed by atoms with Gasteiger partial charge in [-0.1, -0.05) is 6.08 Å². The van der Waals surface area contributed by atoms with E-state index in [0.717, 1.165) is 5.69 Å². The van der Waals surface area contributed by atoms with Crippen molar-refractivity contribution in [1.29, 1.82) is 0 Å². The van der Waals surface area contributed by atoms with Crippen LogP contribution in [0.25, 0.3) is 0 Å². The van der Waals surface area contributed by atoms with Gasteiger partial charge in [0.05, 0.1) is 4.48 Å². The van der Waals surface area contributed by atoms with E-state index in [1.54, 1.807) is 24.8 Å². The molecule has 0 atom stereocenters. The lowest BCUT2D eigenvalue weighted by molar-refractivity contribution is -0.112. The van der Waals surface area contributed by atoms with E-state index in [4.69, 9.17) is 0 Å². The third kappa shape index (κ3) is 3.72. The molecule has 0 unspecified atom stereocenters. The first-order valence-electron chi connectivity index (χ1n) is 4.44. The van der Waals surface area contributed by atoms with Crippen LogP contribution in [0.3, 0.4) is 0 Å². The summed E-state index contributed by atoms with van der Waals surface area (Å²) in [7, 11) is 0. The molecule has 0 fully saturated rings. The van der Waals surface area contributed by atoms with E-state index >= 15 is 0 Å². The molecule has 0 aliphatic carbocycles. The lowest BCUT2D eigenvalue weighted by Crippen LogP contribution is -2.10. The summed E-state index contributed by atoms with van der Waals surface area (Å²) < 4.78 is 0.538. The van der Waals surface area contributed by atoms with Gasteiger partial charge in [0.25, 0.3) is 5.91 Å². The Labute approximate surface area is 102 Å². The molecular formula is C11H12BrNOS. The van der Waals surface area contributed by atoms with Crippen molar-refractivity contribution in [2.75, 3.05) is 11.6 Å². The normalized spacial score (nSPS) is 11.3. The largest absolute Gasteiger partial charge is 0.322 e. The summed E-state index contributed by atoms with van der Waals surface area (Å²) in [5.41, 5.74) is 0.802. The predicted molar refractivity (Wildman–Crippen MR) is 69.5 cm³/mol. The van der Waals surface area contributed by atoms with Crippen LogP contribution in [0.1, 0.15) is 6.92 Å². The van der Waals surface area contributed by atoms with E-state index < -0.39 is 0 Å². The average molecular weight is 286 g/mol. The number of rotatable bonds is 3. The van der Waals surface area contributed by atoms with Gasteiger partial charge in [0.2, 0.25) is 0 Å². The van der Waals surface area contributed by atoms with Crippen LogP contribution < -0.4 is 5.32 Å². The highest BCUT2D eigenvalue weighted by atomic mass is 79.9. The Morgan fingerprint density at radius 2 is 2.00 bits per heavy atom. The van der Waals surface area contributed by atoms with Gasteiger partial charge in [-0.05, 0) is 53.4 Å². The second-order valence-electron chi connectivity index (χ2n) is 2.82. The van der Waals surface area contributed by atoms with Crippen LogP contribution in [0.2, 0.25) is 0 Å². The molecule has 0 aliphatic heterocycles. The van der Waals surface area contributed by atoms with Crippen LogP contribution in [0.4, 0.5) is 5.69 Å². The van der Waals surface area contributed by atoms with Crippen LogP contribution in [0.15, 0.2) is 39.7 Å². The fourth-order valence-corrected chi connectivity index (χ4v) is 1.50. The minimum absolute atomic E-state index is 0.130. The number of allylic oxidation sites excluding steroid dienone is 1. The Balaban J connectivity index is 2.69. The van der Waals surface area contributed by atoms with Gasteiger partial charge in [0.15, 0.2) is 0 Å². The molecule has 80 valence electrons. The number of hydrogen-bond donors (Lipinski definition) is 1. The zero-order valence-electron chi connectivity index (χ0n) is 8.58. The molecule has 0 saturated heterocycles. The first kappa shape index (κ1) is 12.3. The molecule has 4 heteroatoms. The summed E-state index contributed by atoms with van der Waals surface area (Å²) in [6.07, 6.45) is 3.73. The van der Waals surface area contributed by atoms with Crippen molar-refractivity contribution in [3.05, 3.63) is 34.8 Å². The molecule has 0 radical (unpaired) electrons. The van der Waals surface area contributed by atoms with Crippen LogP contribution >= 0.6 is 27.7 Å². The maximum Gasteiger partial charge on any atom is 0.262 e. The smallest absolute Gasteiger partial charge is 0.262 e.